The van der Waals surface area contributed by atoms with Gasteiger partial charge < -0.3 is 15.1 Å². The van der Waals surface area contributed by atoms with E-state index in [1.807, 2.05) is 32.3 Å². The Labute approximate surface area is 168 Å². The van der Waals surface area contributed by atoms with Crippen LogP contribution in [0.1, 0.15) is 24.8 Å². The molecule has 1 heterocycles. The van der Waals surface area contributed by atoms with E-state index in [-0.39, 0.29) is 24.0 Å². The third kappa shape index (κ3) is 6.76. The van der Waals surface area contributed by atoms with Crippen molar-refractivity contribution in [3.63, 3.8) is 0 Å². The summed E-state index contributed by atoms with van der Waals surface area (Å²) in [7, 11) is 6.09. The first-order valence-electron chi connectivity index (χ1n) is 8.44. The fourth-order valence-electron chi connectivity index (χ4n) is 3.08. The number of piperidine rings is 1. The van der Waals surface area contributed by atoms with E-state index in [0.717, 1.165) is 35.6 Å². The predicted octanol–water partition coefficient (Wildman–Crippen LogP) is 3.70. The Morgan fingerprint density at radius 2 is 2.00 bits per heavy atom. The van der Waals surface area contributed by atoms with Crippen molar-refractivity contribution in [3.05, 3.63) is 34.9 Å². The van der Waals surface area contributed by atoms with Gasteiger partial charge in [0.1, 0.15) is 0 Å². The van der Waals surface area contributed by atoms with Gasteiger partial charge in [-0.1, -0.05) is 29.8 Å². The number of benzene rings is 1. The van der Waals surface area contributed by atoms with Crippen LogP contribution in [0.4, 0.5) is 0 Å². The minimum atomic E-state index is 0. The van der Waals surface area contributed by atoms with Crippen LogP contribution in [0.2, 0.25) is 5.02 Å². The highest BCUT2D eigenvalue weighted by Gasteiger charge is 2.16. The lowest BCUT2D eigenvalue weighted by molar-refractivity contribution is 0.212. The van der Waals surface area contributed by atoms with Gasteiger partial charge >= 0.3 is 0 Å². The molecule has 0 radical (unpaired) electrons. The molecular weight excluding hydrogens is 435 g/mol. The number of nitrogens with zero attached hydrogens (tertiary/aromatic N) is 3. The first kappa shape index (κ1) is 21.5. The number of halogens is 2. The van der Waals surface area contributed by atoms with E-state index < -0.39 is 0 Å². The molecule has 0 spiro atoms. The van der Waals surface area contributed by atoms with Gasteiger partial charge in [-0.25, -0.2) is 0 Å². The summed E-state index contributed by atoms with van der Waals surface area (Å²) in [5.74, 6) is 1.77. The zero-order chi connectivity index (χ0) is 16.7. The SMILES string of the molecule is CN=C(NCCC1CCN(C)CC1)N(C)Cc1ccccc1Cl.I. The molecule has 1 fully saturated rings. The van der Waals surface area contributed by atoms with E-state index in [1.54, 1.807) is 0 Å². The summed E-state index contributed by atoms with van der Waals surface area (Å²) in [6, 6.07) is 7.97. The number of hydrogen-bond donors (Lipinski definition) is 1. The Balaban J connectivity index is 0.00000288. The molecule has 6 heteroatoms. The van der Waals surface area contributed by atoms with Crippen LogP contribution in [0.15, 0.2) is 29.3 Å². The normalized spacial score (nSPS) is 16.6. The molecule has 0 aliphatic carbocycles. The van der Waals surface area contributed by atoms with Gasteiger partial charge in [-0.05, 0) is 56.9 Å². The van der Waals surface area contributed by atoms with E-state index in [4.69, 9.17) is 11.6 Å². The van der Waals surface area contributed by atoms with Crippen molar-refractivity contribution in [2.24, 2.45) is 10.9 Å². The number of rotatable bonds is 5. The highest BCUT2D eigenvalue weighted by atomic mass is 127. The van der Waals surface area contributed by atoms with Crippen molar-refractivity contribution in [1.29, 1.82) is 0 Å². The van der Waals surface area contributed by atoms with Gasteiger partial charge in [0.2, 0.25) is 0 Å². The number of guanidine groups is 1. The van der Waals surface area contributed by atoms with E-state index in [1.165, 1.54) is 32.4 Å². The second kappa shape index (κ2) is 11.2. The lowest BCUT2D eigenvalue weighted by atomic mass is 9.94. The molecule has 1 N–H and O–H groups in total. The number of hydrogen-bond acceptors (Lipinski definition) is 2. The molecule has 4 nitrogen and oxygen atoms in total. The van der Waals surface area contributed by atoms with Crippen LogP contribution in [-0.4, -0.2) is 56.5 Å². The fraction of sp³-hybridized carbons (Fsp3) is 0.611. The average molecular weight is 465 g/mol. The van der Waals surface area contributed by atoms with Gasteiger partial charge in [0.25, 0.3) is 0 Å². The highest BCUT2D eigenvalue weighted by molar-refractivity contribution is 14.0. The molecule has 1 saturated heterocycles. The van der Waals surface area contributed by atoms with Crippen LogP contribution in [0, 0.1) is 5.92 Å². The Hall–Kier alpha value is -0.530. The molecule has 136 valence electrons. The molecule has 0 saturated carbocycles. The second-order valence-electron chi connectivity index (χ2n) is 6.46. The predicted molar refractivity (Wildman–Crippen MR) is 115 cm³/mol. The molecule has 1 aromatic carbocycles. The maximum absolute atomic E-state index is 6.24. The molecule has 0 bridgehead atoms. The Morgan fingerprint density at radius 1 is 1.33 bits per heavy atom. The summed E-state index contributed by atoms with van der Waals surface area (Å²) >= 11 is 6.24. The van der Waals surface area contributed by atoms with Gasteiger partial charge in [-0.15, -0.1) is 24.0 Å². The van der Waals surface area contributed by atoms with Crippen molar-refractivity contribution in [2.75, 3.05) is 40.8 Å². The molecule has 0 amide bonds. The molecule has 1 aliphatic rings. The average Bonchev–Trinajstić information content (AvgIpc) is 2.55. The smallest absolute Gasteiger partial charge is 0.193 e. The number of aliphatic imine (C=N–C) groups is 1. The fourth-order valence-corrected chi connectivity index (χ4v) is 3.28. The Morgan fingerprint density at radius 3 is 2.62 bits per heavy atom. The maximum atomic E-state index is 6.24. The first-order chi connectivity index (χ1) is 11.1. The van der Waals surface area contributed by atoms with Gasteiger partial charge in [-0.2, -0.15) is 0 Å². The molecular formula is C18H30ClIN4. The maximum Gasteiger partial charge on any atom is 0.193 e. The Kier molecular flexibility index (Phi) is 10.0. The van der Waals surface area contributed by atoms with Crippen molar-refractivity contribution in [1.82, 2.24) is 15.1 Å². The lowest BCUT2D eigenvalue weighted by Gasteiger charge is -2.29. The zero-order valence-corrected chi connectivity index (χ0v) is 18.1. The largest absolute Gasteiger partial charge is 0.356 e. The summed E-state index contributed by atoms with van der Waals surface area (Å²) in [4.78, 5) is 8.93. The van der Waals surface area contributed by atoms with Crippen LogP contribution < -0.4 is 5.32 Å². The first-order valence-corrected chi connectivity index (χ1v) is 8.81. The van der Waals surface area contributed by atoms with Crippen LogP contribution in [-0.2, 0) is 6.54 Å². The topological polar surface area (TPSA) is 30.9 Å². The van der Waals surface area contributed by atoms with Gasteiger partial charge in [0, 0.05) is 32.2 Å². The summed E-state index contributed by atoms with van der Waals surface area (Å²) in [6.07, 6.45) is 3.84. The summed E-state index contributed by atoms with van der Waals surface area (Å²) in [5, 5.41) is 4.29. The molecule has 1 aromatic rings. The van der Waals surface area contributed by atoms with Gasteiger partial charge in [-0.3, -0.25) is 4.99 Å². The standard InChI is InChI=1S/C18H29ClN4.HI/c1-20-18(21-11-8-15-9-12-22(2)13-10-15)23(3)14-16-6-4-5-7-17(16)19;/h4-7,15H,8-14H2,1-3H3,(H,20,21);1H. The third-order valence-electron chi connectivity index (χ3n) is 4.61. The summed E-state index contributed by atoms with van der Waals surface area (Å²) in [5.41, 5.74) is 1.12. The van der Waals surface area contributed by atoms with E-state index in [0.29, 0.717) is 0 Å². The van der Waals surface area contributed by atoms with Crippen LogP contribution >= 0.6 is 35.6 Å². The van der Waals surface area contributed by atoms with Crippen molar-refractivity contribution >= 4 is 41.5 Å². The Bertz CT molecular complexity index is 515. The quantitative estimate of drug-likeness (QED) is 0.409. The summed E-state index contributed by atoms with van der Waals surface area (Å²) < 4.78 is 0. The van der Waals surface area contributed by atoms with Crippen LogP contribution in [0.5, 0.6) is 0 Å². The van der Waals surface area contributed by atoms with E-state index in [2.05, 4.69) is 33.2 Å². The summed E-state index contributed by atoms with van der Waals surface area (Å²) in [6.45, 7) is 4.19. The molecule has 24 heavy (non-hydrogen) atoms. The van der Waals surface area contributed by atoms with Crippen molar-refractivity contribution in [3.8, 4) is 0 Å². The van der Waals surface area contributed by atoms with E-state index >= 15 is 0 Å². The second-order valence-corrected chi connectivity index (χ2v) is 6.86. The monoisotopic (exact) mass is 464 g/mol. The third-order valence-corrected chi connectivity index (χ3v) is 4.98. The molecule has 0 atom stereocenters. The zero-order valence-electron chi connectivity index (χ0n) is 15.0. The van der Waals surface area contributed by atoms with Crippen molar-refractivity contribution in [2.45, 2.75) is 25.8 Å². The minimum Gasteiger partial charge on any atom is -0.356 e. The molecule has 1 aliphatic heterocycles. The number of nitrogens with one attached hydrogen (secondary N) is 1. The van der Waals surface area contributed by atoms with Crippen LogP contribution in [0.25, 0.3) is 0 Å². The lowest BCUT2D eigenvalue weighted by Crippen LogP contribution is -2.40. The van der Waals surface area contributed by atoms with Crippen molar-refractivity contribution < 1.29 is 0 Å². The highest BCUT2D eigenvalue weighted by Crippen LogP contribution is 2.19. The van der Waals surface area contributed by atoms with E-state index in [9.17, 15) is 0 Å². The van der Waals surface area contributed by atoms with Gasteiger partial charge in [0.05, 0.1) is 0 Å². The molecule has 2 rings (SSSR count). The molecule has 0 unspecified atom stereocenters. The number of likely N-dealkylation sites (tertiary alicyclic amines) is 1. The minimum absolute atomic E-state index is 0. The van der Waals surface area contributed by atoms with Crippen LogP contribution in [0.3, 0.4) is 0 Å². The molecule has 0 aromatic heterocycles. The van der Waals surface area contributed by atoms with Gasteiger partial charge in [0.15, 0.2) is 5.96 Å².